The number of amides is 2. The summed E-state index contributed by atoms with van der Waals surface area (Å²) in [5.41, 5.74) is 5.25. The van der Waals surface area contributed by atoms with Crippen LogP contribution >= 0.6 is 15.9 Å². The van der Waals surface area contributed by atoms with Crippen molar-refractivity contribution in [2.24, 2.45) is 5.10 Å². The molecule has 150 valence electrons. The molecule has 0 saturated carbocycles. The van der Waals surface area contributed by atoms with Crippen LogP contribution in [0.2, 0.25) is 0 Å². The summed E-state index contributed by atoms with van der Waals surface area (Å²) in [6.07, 6.45) is 1.25. The van der Waals surface area contributed by atoms with Gasteiger partial charge in [-0.2, -0.15) is 5.10 Å². The number of hydrogen-bond acceptors (Lipinski definition) is 5. The molecule has 8 heteroatoms. The van der Waals surface area contributed by atoms with E-state index in [0.717, 1.165) is 16.5 Å². The maximum absolute atomic E-state index is 12.8. The Morgan fingerprint density at radius 1 is 1.31 bits per heavy atom. The van der Waals surface area contributed by atoms with Gasteiger partial charge >= 0.3 is 0 Å². The van der Waals surface area contributed by atoms with Crippen LogP contribution in [0, 0.1) is 0 Å². The number of hydrazone groups is 1. The van der Waals surface area contributed by atoms with Crippen LogP contribution in [0.5, 0.6) is 5.75 Å². The first kappa shape index (κ1) is 19.4. The number of hydrogen-bond donors (Lipinski definition) is 2. The highest BCUT2D eigenvalue weighted by molar-refractivity contribution is 9.10. The summed E-state index contributed by atoms with van der Waals surface area (Å²) >= 11 is 3.47. The summed E-state index contributed by atoms with van der Waals surface area (Å²) in [5, 5.41) is 6.96. The van der Waals surface area contributed by atoms with E-state index in [2.05, 4.69) is 37.8 Å². The molecule has 7 nitrogen and oxygen atoms in total. The number of nitrogens with one attached hydrogen (secondary N) is 2. The van der Waals surface area contributed by atoms with Crippen LogP contribution < -0.4 is 20.4 Å². The zero-order valence-corrected chi connectivity index (χ0v) is 17.5. The number of rotatable bonds is 4. The molecule has 0 saturated heterocycles. The van der Waals surface area contributed by atoms with Crippen molar-refractivity contribution < 1.29 is 14.3 Å². The highest BCUT2D eigenvalue weighted by Crippen LogP contribution is 2.29. The lowest BCUT2D eigenvalue weighted by molar-refractivity contribution is -0.124. The van der Waals surface area contributed by atoms with Gasteiger partial charge in [-0.05, 0) is 36.2 Å². The number of carbonyl (C=O) groups excluding carboxylic acids is 2. The van der Waals surface area contributed by atoms with Gasteiger partial charge in [-0.25, -0.2) is 0 Å². The zero-order valence-electron chi connectivity index (χ0n) is 15.9. The summed E-state index contributed by atoms with van der Waals surface area (Å²) in [5.74, 6) is 0.0464. The Balaban J connectivity index is 1.37. The van der Waals surface area contributed by atoms with Crippen LogP contribution in [0.1, 0.15) is 12.0 Å². The van der Waals surface area contributed by atoms with Crippen molar-refractivity contribution in [1.29, 1.82) is 0 Å². The van der Waals surface area contributed by atoms with Crippen LogP contribution in [0.4, 0.5) is 5.69 Å². The second-order valence-corrected chi connectivity index (χ2v) is 8.04. The van der Waals surface area contributed by atoms with Gasteiger partial charge < -0.3 is 20.4 Å². The van der Waals surface area contributed by atoms with Crippen LogP contribution in [0.25, 0.3) is 0 Å². The summed E-state index contributed by atoms with van der Waals surface area (Å²) in [6.45, 7) is 0.0775. The number of anilines is 1. The van der Waals surface area contributed by atoms with Gasteiger partial charge in [-0.3, -0.25) is 9.59 Å². The van der Waals surface area contributed by atoms with Gasteiger partial charge in [0.25, 0.3) is 11.8 Å². The van der Waals surface area contributed by atoms with Gasteiger partial charge in [0.1, 0.15) is 24.1 Å². The first-order valence-electron chi connectivity index (χ1n) is 9.38. The van der Waals surface area contributed by atoms with Crippen molar-refractivity contribution >= 4 is 39.1 Å². The van der Waals surface area contributed by atoms with Crippen molar-refractivity contribution in [3.63, 3.8) is 0 Å². The molecule has 0 aliphatic carbocycles. The van der Waals surface area contributed by atoms with Gasteiger partial charge in [0.2, 0.25) is 0 Å². The Labute approximate surface area is 177 Å². The van der Waals surface area contributed by atoms with E-state index in [4.69, 9.17) is 4.74 Å². The Hall–Kier alpha value is -2.87. The van der Waals surface area contributed by atoms with E-state index in [-0.39, 0.29) is 24.5 Å². The highest BCUT2D eigenvalue weighted by Gasteiger charge is 2.32. The molecule has 2 heterocycles. The Bertz CT molecular complexity index is 978. The van der Waals surface area contributed by atoms with E-state index in [1.807, 2.05) is 36.4 Å². The average Bonchev–Trinajstić information content (AvgIpc) is 3.14. The lowest BCUT2D eigenvalue weighted by Gasteiger charge is -2.20. The first-order valence-corrected chi connectivity index (χ1v) is 10.2. The third kappa shape index (κ3) is 4.27. The fourth-order valence-corrected chi connectivity index (χ4v) is 3.95. The normalized spacial score (nSPS) is 20.8. The molecule has 2 aromatic carbocycles. The van der Waals surface area contributed by atoms with Gasteiger partial charge in [0, 0.05) is 17.9 Å². The first-order chi connectivity index (χ1) is 14.0. The summed E-state index contributed by atoms with van der Waals surface area (Å²) in [4.78, 5) is 27.0. The van der Waals surface area contributed by atoms with Gasteiger partial charge in [0.05, 0.1) is 11.7 Å². The second kappa shape index (κ2) is 8.24. The molecular weight excluding hydrogens is 436 g/mol. The second-order valence-electron chi connectivity index (χ2n) is 7.12. The fourth-order valence-electron chi connectivity index (χ4n) is 3.50. The molecule has 2 amide bonds. The molecule has 0 aromatic heterocycles. The molecule has 2 N–H and O–H groups in total. The monoisotopic (exact) mass is 456 g/mol. The number of likely N-dealkylation sites (N-methyl/N-ethyl adjacent to an activating group) is 1. The third-order valence-electron chi connectivity index (χ3n) is 5.02. The number of nitrogens with zero attached hydrogens (tertiary/aromatic N) is 2. The van der Waals surface area contributed by atoms with Crippen LogP contribution in [-0.2, 0) is 16.0 Å². The standard InChI is InChI=1S/C21H21BrN4O3/c1-26-18-7-2-3-8-19(18)29-12-17(21(26)28)23-20(27)16-11-15(24-25-16)10-13-5-4-6-14(22)9-13/h2-9,15,17,24H,10-12H2,1H3,(H,23,27)/t15?,17-/m0/s1. The van der Waals surface area contributed by atoms with E-state index in [0.29, 0.717) is 23.6 Å². The minimum atomic E-state index is -0.772. The lowest BCUT2D eigenvalue weighted by atomic mass is 10.0. The van der Waals surface area contributed by atoms with Gasteiger partial charge in [-0.1, -0.05) is 40.2 Å². The van der Waals surface area contributed by atoms with Crippen molar-refractivity contribution in [3.05, 3.63) is 58.6 Å². The van der Waals surface area contributed by atoms with Crippen molar-refractivity contribution in [2.45, 2.75) is 24.9 Å². The Morgan fingerprint density at radius 3 is 2.97 bits per heavy atom. The molecule has 29 heavy (non-hydrogen) atoms. The SMILES string of the molecule is CN1C(=O)[C@@H](NC(=O)C2=NNC(Cc3cccc(Br)c3)C2)COc2ccccc21. The molecule has 0 radical (unpaired) electrons. The molecule has 4 rings (SSSR count). The molecule has 2 aromatic rings. The van der Waals surface area contributed by atoms with Crippen LogP contribution in [-0.4, -0.2) is 43.3 Å². The van der Waals surface area contributed by atoms with Crippen molar-refractivity contribution in [1.82, 2.24) is 10.7 Å². The molecule has 0 fully saturated rings. The lowest BCUT2D eigenvalue weighted by Crippen LogP contribution is -2.51. The summed E-state index contributed by atoms with van der Waals surface area (Å²) in [7, 11) is 1.68. The average molecular weight is 457 g/mol. The number of fused-ring (bicyclic) bond motifs is 1. The molecule has 0 bridgehead atoms. The van der Waals surface area contributed by atoms with Crippen LogP contribution in [0.15, 0.2) is 58.1 Å². The number of benzene rings is 2. The number of halogens is 1. The maximum atomic E-state index is 12.8. The van der Waals surface area contributed by atoms with E-state index in [9.17, 15) is 9.59 Å². The quantitative estimate of drug-likeness (QED) is 0.738. The van der Waals surface area contributed by atoms with E-state index >= 15 is 0 Å². The Morgan fingerprint density at radius 2 is 2.14 bits per heavy atom. The minimum Gasteiger partial charge on any atom is -0.489 e. The summed E-state index contributed by atoms with van der Waals surface area (Å²) in [6, 6.07) is 14.6. The number of ether oxygens (including phenoxy) is 1. The van der Waals surface area contributed by atoms with E-state index in [1.54, 1.807) is 13.1 Å². The van der Waals surface area contributed by atoms with Crippen LogP contribution in [0.3, 0.4) is 0 Å². The smallest absolute Gasteiger partial charge is 0.268 e. The predicted octanol–water partition coefficient (Wildman–Crippen LogP) is 2.25. The largest absolute Gasteiger partial charge is 0.489 e. The molecule has 2 atom stereocenters. The van der Waals surface area contributed by atoms with Gasteiger partial charge in [-0.15, -0.1) is 0 Å². The highest BCUT2D eigenvalue weighted by atomic mass is 79.9. The molecule has 0 spiro atoms. The summed E-state index contributed by atoms with van der Waals surface area (Å²) < 4.78 is 6.76. The minimum absolute atomic E-state index is 0.0399. The van der Waals surface area contributed by atoms with E-state index < -0.39 is 6.04 Å². The maximum Gasteiger partial charge on any atom is 0.268 e. The van der Waals surface area contributed by atoms with Crippen molar-refractivity contribution in [2.75, 3.05) is 18.6 Å². The molecule has 2 aliphatic rings. The topological polar surface area (TPSA) is 83.0 Å². The Kier molecular flexibility index (Phi) is 5.53. The molecule has 2 aliphatic heterocycles. The molecular formula is C21H21BrN4O3. The van der Waals surface area contributed by atoms with E-state index in [1.165, 1.54) is 4.90 Å². The predicted molar refractivity (Wildman–Crippen MR) is 114 cm³/mol. The van der Waals surface area contributed by atoms with Crippen molar-refractivity contribution in [3.8, 4) is 5.75 Å². The number of para-hydroxylation sites is 2. The third-order valence-corrected chi connectivity index (χ3v) is 5.51. The van der Waals surface area contributed by atoms with Gasteiger partial charge in [0.15, 0.2) is 0 Å². The zero-order chi connectivity index (χ0) is 20.4. The number of carbonyl (C=O) groups is 2. The fraction of sp³-hybridized carbons (Fsp3) is 0.286. The molecule has 1 unspecified atom stereocenters.